The molecule has 0 aliphatic heterocycles. The van der Waals surface area contributed by atoms with Crippen molar-refractivity contribution in [2.24, 2.45) is 5.92 Å². The largest absolute Gasteiger partial charge is 0.311 e. The van der Waals surface area contributed by atoms with E-state index in [1.807, 2.05) is 6.20 Å². The number of nitrogens with zero attached hydrogens (tertiary/aromatic N) is 3. The van der Waals surface area contributed by atoms with Crippen LogP contribution in [-0.2, 0) is 22.9 Å². The molecule has 0 saturated carbocycles. The fourth-order valence-electron chi connectivity index (χ4n) is 1.51. The molecule has 0 fully saturated rings. The topological polar surface area (TPSA) is 76.9 Å². The van der Waals surface area contributed by atoms with Gasteiger partial charge in [-0.05, 0) is 18.9 Å². The maximum atomic E-state index is 11.0. The van der Waals surface area contributed by atoms with Gasteiger partial charge in [0.2, 0.25) is 0 Å². The summed E-state index contributed by atoms with van der Waals surface area (Å²) in [5.74, 6) is 0.795. The average molecular weight is 274 g/mol. The number of aryl methyl sites for hydroxylation is 1. The smallest absolute Gasteiger partial charge is 0.147 e. The standard InChI is InChI=1S/C11H22N4O2S/c1-10(2)7-12-8-11-9-15(14-13-11)5-4-6-18(3,16)17/h9-10,12H,4-8H2,1-3H3. The summed E-state index contributed by atoms with van der Waals surface area (Å²) in [6.45, 7) is 6.53. The highest BCUT2D eigenvalue weighted by atomic mass is 32.2. The van der Waals surface area contributed by atoms with Gasteiger partial charge in [0.15, 0.2) is 0 Å². The normalized spacial score (nSPS) is 12.2. The first-order chi connectivity index (χ1) is 8.37. The predicted molar refractivity (Wildman–Crippen MR) is 70.9 cm³/mol. The Hall–Kier alpha value is -0.950. The van der Waals surface area contributed by atoms with E-state index >= 15 is 0 Å². The van der Waals surface area contributed by atoms with Gasteiger partial charge in [0.1, 0.15) is 9.84 Å². The van der Waals surface area contributed by atoms with Crippen LogP contribution in [0.4, 0.5) is 0 Å². The van der Waals surface area contributed by atoms with Crippen LogP contribution in [0.3, 0.4) is 0 Å². The SMILES string of the molecule is CC(C)CNCc1cn(CCCS(C)(=O)=O)nn1. The molecular formula is C11H22N4O2S. The van der Waals surface area contributed by atoms with Crippen LogP contribution < -0.4 is 5.32 Å². The van der Waals surface area contributed by atoms with E-state index < -0.39 is 9.84 Å². The van der Waals surface area contributed by atoms with Crippen LogP contribution in [0.15, 0.2) is 6.20 Å². The molecule has 0 saturated heterocycles. The second-order valence-corrected chi connectivity index (χ2v) is 7.24. The van der Waals surface area contributed by atoms with Gasteiger partial charge in [-0.3, -0.25) is 4.68 Å². The molecule has 1 aromatic heterocycles. The van der Waals surface area contributed by atoms with Crippen molar-refractivity contribution in [1.29, 1.82) is 0 Å². The summed E-state index contributed by atoms with van der Waals surface area (Å²) in [7, 11) is -2.89. The fourth-order valence-corrected chi connectivity index (χ4v) is 2.16. The summed E-state index contributed by atoms with van der Waals surface area (Å²) in [6.07, 6.45) is 3.67. The first kappa shape index (κ1) is 15.1. The number of sulfone groups is 1. The molecule has 0 radical (unpaired) electrons. The van der Waals surface area contributed by atoms with E-state index in [0.29, 0.717) is 25.4 Å². The van der Waals surface area contributed by atoms with Crippen LogP contribution in [0.2, 0.25) is 0 Å². The van der Waals surface area contributed by atoms with Crippen molar-refractivity contribution in [2.45, 2.75) is 33.4 Å². The van der Waals surface area contributed by atoms with Gasteiger partial charge in [0.25, 0.3) is 0 Å². The van der Waals surface area contributed by atoms with Gasteiger partial charge in [-0.25, -0.2) is 8.42 Å². The lowest BCUT2D eigenvalue weighted by atomic mass is 10.2. The molecule has 6 nitrogen and oxygen atoms in total. The molecule has 0 spiro atoms. The van der Waals surface area contributed by atoms with Crippen LogP contribution in [0.1, 0.15) is 26.0 Å². The molecule has 0 unspecified atom stereocenters. The second kappa shape index (κ2) is 6.84. The first-order valence-electron chi connectivity index (χ1n) is 6.14. The maximum Gasteiger partial charge on any atom is 0.147 e. The molecule has 1 rings (SSSR count). The van der Waals surface area contributed by atoms with E-state index in [1.165, 1.54) is 6.26 Å². The molecule has 1 N–H and O–H groups in total. The first-order valence-corrected chi connectivity index (χ1v) is 8.20. The number of nitrogens with one attached hydrogen (secondary N) is 1. The minimum Gasteiger partial charge on any atom is -0.311 e. The Morgan fingerprint density at radius 3 is 2.78 bits per heavy atom. The van der Waals surface area contributed by atoms with E-state index in [1.54, 1.807) is 4.68 Å². The molecular weight excluding hydrogens is 252 g/mol. The predicted octanol–water partition coefficient (Wildman–Crippen LogP) is 0.458. The van der Waals surface area contributed by atoms with Crippen LogP contribution in [0, 0.1) is 5.92 Å². The van der Waals surface area contributed by atoms with Gasteiger partial charge in [0.05, 0.1) is 11.4 Å². The summed E-state index contributed by atoms with van der Waals surface area (Å²) in [5.41, 5.74) is 0.884. The van der Waals surface area contributed by atoms with Gasteiger partial charge >= 0.3 is 0 Å². The fraction of sp³-hybridized carbons (Fsp3) is 0.818. The summed E-state index contributed by atoms with van der Waals surface area (Å²) in [5, 5.41) is 11.3. The van der Waals surface area contributed by atoms with Crippen molar-refractivity contribution in [2.75, 3.05) is 18.6 Å². The molecule has 0 atom stereocenters. The van der Waals surface area contributed by atoms with Gasteiger partial charge in [-0.2, -0.15) is 0 Å². The van der Waals surface area contributed by atoms with Crippen LogP contribution >= 0.6 is 0 Å². The Morgan fingerprint density at radius 1 is 1.44 bits per heavy atom. The average Bonchev–Trinajstić information content (AvgIpc) is 2.63. The Labute approximate surface area is 109 Å². The Balaban J connectivity index is 2.30. The molecule has 0 aliphatic carbocycles. The van der Waals surface area contributed by atoms with Crippen molar-refractivity contribution in [3.8, 4) is 0 Å². The van der Waals surface area contributed by atoms with Crippen molar-refractivity contribution in [3.05, 3.63) is 11.9 Å². The molecule has 1 aromatic rings. The van der Waals surface area contributed by atoms with Crippen LogP contribution in [0.25, 0.3) is 0 Å². The molecule has 0 aromatic carbocycles. The summed E-state index contributed by atoms with van der Waals surface area (Å²) in [6, 6.07) is 0. The van der Waals surface area contributed by atoms with Gasteiger partial charge in [-0.15, -0.1) is 5.10 Å². The molecule has 18 heavy (non-hydrogen) atoms. The van der Waals surface area contributed by atoms with Crippen LogP contribution in [0.5, 0.6) is 0 Å². The van der Waals surface area contributed by atoms with Gasteiger partial charge in [0, 0.05) is 25.5 Å². The zero-order valence-corrected chi connectivity index (χ0v) is 12.1. The van der Waals surface area contributed by atoms with Gasteiger partial charge in [-0.1, -0.05) is 19.1 Å². The van der Waals surface area contributed by atoms with E-state index in [-0.39, 0.29) is 5.75 Å². The van der Waals surface area contributed by atoms with E-state index in [9.17, 15) is 8.42 Å². The van der Waals surface area contributed by atoms with Gasteiger partial charge < -0.3 is 5.32 Å². The lowest BCUT2D eigenvalue weighted by Gasteiger charge is -2.04. The lowest BCUT2D eigenvalue weighted by Crippen LogP contribution is -2.19. The highest BCUT2D eigenvalue weighted by molar-refractivity contribution is 7.90. The van der Waals surface area contributed by atoms with Crippen molar-refractivity contribution in [1.82, 2.24) is 20.3 Å². The second-order valence-electron chi connectivity index (χ2n) is 4.98. The number of rotatable bonds is 8. The minimum atomic E-state index is -2.89. The number of hydrogen-bond donors (Lipinski definition) is 1. The van der Waals surface area contributed by atoms with Crippen molar-refractivity contribution in [3.63, 3.8) is 0 Å². The van der Waals surface area contributed by atoms with E-state index in [0.717, 1.165) is 12.2 Å². The molecule has 0 amide bonds. The third-order valence-electron chi connectivity index (χ3n) is 2.35. The summed E-state index contributed by atoms with van der Waals surface area (Å²) >= 11 is 0. The highest BCUT2D eigenvalue weighted by Crippen LogP contribution is 1.97. The van der Waals surface area contributed by atoms with Crippen molar-refractivity contribution >= 4 is 9.84 Å². The number of hydrogen-bond acceptors (Lipinski definition) is 5. The van der Waals surface area contributed by atoms with Crippen molar-refractivity contribution < 1.29 is 8.42 Å². The number of aromatic nitrogens is 3. The summed E-state index contributed by atoms with van der Waals surface area (Å²) < 4.78 is 23.6. The molecule has 0 aliphatic rings. The maximum absolute atomic E-state index is 11.0. The summed E-state index contributed by atoms with van der Waals surface area (Å²) in [4.78, 5) is 0. The molecule has 7 heteroatoms. The Bertz CT molecular complexity index is 453. The zero-order valence-electron chi connectivity index (χ0n) is 11.3. The Morgan fingerprint density at radius 2 is 2.17 bits per heavy atom. The quantitative estimate of drug-likeness (QED) is 0.745. The lowest BCUT2D eigenvalue weighted by molar-refractivity contribution is 0.547. The van der Waals surface area contributed by atoms with E-state index in [4.69, 9.17) is 0 Å². The monoisotopic (exact) mass is 274 g/mol. The van der Waals surface area contributed by atoms with E-state index in [2.05, 4.69) is 29.5 Å². The molecule has 0 bridgehead atoms. The minimum absolute atomic E-state index is 0.188. The molecule has 1 heterocycles. The Kier molecular flexibility index (Phi) is 5.74. The third-order valence-corrected chi connectivity index (χ3v) is 3.38. The third kappa shape index (κ3) is 6.70. The zero-order chi connectivity index (χ0) is 13.6. The highest BCUT2D eigenvalue weighted by Gasteiger charge is 2.04. The van der Waals surface area contributed by atoms with Crippen LogP contribution in [-0.4, -0.2) is 42.0 Å². The molecule has 104 valence electrons.